The Balaban J connectivity index is 1.35. The summed E-state index contributed by atoms with van der Waals surface area (Å²) in [5, 5.41) is 10.3. The maximum Gasteiger partial charge on any atom is 0.0626 e. The first-order valence-electron chi connectivity index (χ1n) is 15.1. The zero-order chi connectivity index (χ0) is 29.0. The van der Waals surface area contributed by atoms with Crippen molar-refractivity contribution in [1.29, 1.82) is 0 Å². The Hall–Kier alpha value is -5.86. The Kier molecular flexibility index (Phi) is 5.54. The van der Waals surface area contributed by atoms with Crippen molar-refractivity contribution in [3.8, 4) is 5.69 Å². The number of anilines is 3. The fraction of sp³-hybridized carbons (Fsp3) is 0. The highest BCUT2D eigenvalue weighted by Crippen LogP contribution is 2.45. The molecule has 1 heterocycles. The maximum absolute atomic E-state index is 2.47. The second-order valence-electron chi connectivity index (χ2n) is 11.4. The molecule has 0 saturated carbocycles. The van der Waals surface area contributed by atoms with Crippen LogP contribution in [0.1, 0.15) is 0 Å². The zero-order valence-corrected chi connectivity index (χ0v) is 24.1. The van der Waals surface area contributed by atoms with Crippen LogP contribution in [-0.2, 0) is 0 Å². The van der Waals surface area contributed by atoms with Crippen LogP contribution in [0, 0.1) is 0 Å². The third kappa shape index (κ3) is 3.68. The van der Waals surface area contributed by atoms with Gasteiger partial charge in [0.1, 0.15) is 0 Å². The van der Waals surface area contributed by atoms with Gasteiger partial charge in [0.15, 0.2) is 0 Å². The van der Waals surface area contributed by atoms with Gasteiger partial charge in [-0.3, -0.25) is 0 Å². The molecular formula is C42H28N2. The summed E-state index contributed by atoms with van der Waals surface area (Å²) in [5.74, 6) is 0. The van der Waals surface area contributed by atoms with Crippen LogP contribution in [0.2, 0.25) is 0 Å². The number of nitrogens with zero attached hydrogens (tertiary/aromatic N) is 2. The Morgan fingerprint density at radius 1 is 0.341 bits per heavy atom. The van der Waals surface area contributed by atoms with Crippen LogP contribution in [0.3, 0.4) is 0 Å². The first-order valence-corrected chi connectivity index (χ1v) is 15.1. The summed E-state index contributed by atoms with van der Waals surface area (Å²) in [6.07, 6.45) is 0. The molecule has 0 aliphatic heterocycles. The molecule has 0 bridgehead atoms. The Bertz CT molecular complexity index is 2430. The molecule has 0 fully saturated rings. The number of benzene rings is 8. The third-order valence-electron chi connectivity index (χ3n) is 8.92. The van der Waals surface area contributed by atoms with Gasteiger partial charge in [-0.05, 0) is 76.1 Å². The van der Waals surface area contributed by atoms with E-state index in [9.17, 15) is 0 Å². The molecule has 0 aliphatic carbocycles. The largest absolute Gasteiger partial charge is 0.311 e. The van der Waals surface area contributed by atoms with Crippen LogP contribution in [0.5, 0.6) is 0 Å². The minimum atomic E-state index is 1.12. The van der Waals surface area contributed by atoms with E-state index in [1.807, 2.05) is 0 Å². The van der Waals surface area contributed by atoms with Crippen LogP contribution in [0.15, 0.2) is 170 Å². The summed E-state index contributed by atoms with van der Waals surface area (Å²) < 4.78 is 2.47. The summed E-state index contributed by atoms with van der Waals surface area (Å²) in [4.78, 5) is 2.31. The van der Waals surface area contributed by atoms with E-state index in [0.29, 0.717) is 0 Å². The number of hydrogen-bond acceptors (Lipinski definition) is 1. The normalized spacial score (nSPS) is 11.6. The van der Waals surface area contributed by atoms with Crippen molar-refractivity contribution in [2.45, 2.75) is 0 Å². The lowest BCUT2D eigenvalue weighted by molar-refractivity contribution is 1.18. The lowest BCUT2D eigenvalue weighted by Gasteiger charge is -2.25. The SMILES string of the molecule is c1ccc(N(c2ccccc2)c2ccc(-n3c4ccccc4c4c5c6ccccc6ccc5c5ccccc5c43)cc2)cc1. The van der Waals surface area contributed by atoms with E-state index in [2.05, 4.69) is 179 Å². The van der Waals surface area contributed by atoms with Crippen LogP contribution < -0.4 is 4.90 Å². The highest BCUT2D eigenvalue weighted by Gasteiger charge is 2.20. The quantitative estimate of drug-likeness (QED) is 0.194. The van der Waals surface area contributed by atoms with Crippen LogP contribution in [0.4, 0.5) is 17.1 Å². The van der Waals surface area contributed by atoms with Crippen molar-refractivity contribution in [1.82, 2.24) is 4.57 Å². The van der Waals surface area contributed by atoms with E-state index in [4.69, 9.17) is 0 Å². The topological polar surface area (TPSA) is 8.17 Å². The number of fused-ring (bicyclic) bond motifs is 10. The average molecular weight is 561 g/mol. The van der Waals surface area contributed by atoms with Crippen molar-refractivity contribution >= 4 is 71.2 Å². The van der Waals surface area contributed by atoms with E-state index in [1.54, 1.807) is 0 Å². The molecule has 0 atom stereocenters. The first kappa shape index (κ1) is 24.7. The second-order valence-corrected chi connectivity index (χ2v) is 11.4. The minimum absolute atomic E-state index is 1.12. The van der Waals surface area contributed by atoms with E-state index in [1.165, 1.54) is 54.1 Å². The van der Waals surface area contributed by atoms with Gasteiger partial charge >= 0.3 is 0 Å². The summed E-state index contributed by atoms with van der Waals surface area (Å²) in [5.41, 5.74) is 6.99. The fourth-order valence-corrected chi connectivity index (χ4v) is 7.06. The van der Waals surface area contributed by atoms with Gasteiger partial charge in [-0.1, -0.05) is 115 Å². The minimum Gasteiger partial charge on any atom is -0.311 e. The van der Waals surface area contributed by atoms with E-state index >= 15 is 0 Å². The zero-order valence-electron chi connectivity index (χ0n) is 24.1. The molecule has 2 heteroatoms. The molecule has 0 aliphatic rings. The molecule has 0 amide bonds. The molecule has 8 aromatic carbocycles. The second kappa shape index (κ2) is 9.86. The van der Waals surface area contributed by atoms with Crippen molar-refractivity contribution < 1.29 is 0 Å². The van der Waals surface area contributed by atoms with E-state index in [0.717, 1.165) is 22.7 Å². The van der Waals surface area contributed by atoms with Gasteiger partial charge in [-0.15, -0.1) is 0 Å². The molecular weight excluding hydrogens is 532 g/mol. The molecule has 2 nitrogen and oxygen atoms in total. The lowest BCUT2D eigenvalue weighted by Crippen LogP contribution is -2.09. The number of aromatic nitrogens is 1. The van der Waals surface area contributed by atoms with Crippen molar-refractivity contribution in [2.24, 2.45) is 0 Å². The standard InChI is InChI=1S/C42H28N2/c1-3-14-30(15-4-1)43(31-16-5-2-6-17-31)32-24-26-33(27-25-32)44-39-22-12-11-21-38(39)41-40-34-18-8-7-13-29(34)23-28-36(40)35-19-9-10-20-37(35)42(41)44/h1-28H. The molecule has 9 rings (SSSR count). The van der Waals surface area contributed by atoms with Crippen LogP contribution in [-0.4, -0.2) is 4.57 Å². The molecule has 1 aromatic heterocycles. The van der Waals surface area contributed by atoms with E-state index < -0.39 is 0 Å². The van der Waals surface area contributed by atoms with Crippen LogP contribution >= 0.6 is 0 Å². The summed E-state index contributed by atoms with van der Waals surface area (Å²) in [6.45, 7) is 0. The number of rotatable bonds is 4. The molecule has 44 heavy (non-hydrogen) atoms. The van der Waals surface area contributed by atoms with E-state index in [-0.39, 0.29) is 0 Å². The third-order valence-corrected chi connectivity index (χ3v) is 8.92. The predicted molar refractivity (Wildman–Crippen MR) is 188 cm³/mol. The van der Waals surface area contributed by atoms with Gasteiger partial charge < -0.3 is 9.47 Å². The maximum atomic E-state index is 2.47. The molecule has 0 saturated heterocycles. The lowest BCUT2D eigenvalue weighted by atomic mass is 9.93. The highest BCUT2D eigenvalue weighted by molar-refractivity contribution is 6.36. The molecule has 0 N–H and O–H groups in total. The molecule has 9 aromatic rings. The van der Waals surface area contributed by atoms with Gasteiger partial charge in [0.25, 0.3) is 0 Å². The Morgan fingerprint density at radius 2 is 0.886 bits per heavy atom. The van der Waals surface area contributed by atoms with Gasteiger partial charge in [0.05, 0.1) is 11.0 Å². The fourth-order valence-electron chi connectivity index (χ4n) is 7.06. The number of para-hydroxylation sites is 3. The predicted octanol–water partition coefficient (Wildman–Crippen LogP) is 11.7. The highest BCUT2D eigenvalue weighted by atomic mass is 15.1. The summed E-state index contributed by atoms with van der Waals surface area (Å²) in [6, 6.07) is 61.3. The van der Waals surface area contributed by atoms with Gasteiger partial charge in [0.2, 0.25) is 0 Å². The summed E-state index contributed by atoms with van der Waals surface area (Å²) in [7, 11) is 0. The number of hydrogen-bond donors (Lipinski definition) is 0. The van der Waals surface area contributed by atoms with Crippen LogP contribution in [0.25, 0.3) is 59.8 Å². The molecule has 0 radical (unpaired) electrons. The molecule has 0 spiro atoms. The van der Waals surface area contributed by atoms with Gasteiger partial charge in [-0.2, -0.15) is 0 Å². The monoisotopic (exact) mass is 560 g/mol. The van der Waals surface area contributed by atoms with Gasteiger partial charge in [-0.25, -0.2) is 0 Å². The Labute approximate surface area is 255 Å². The first-order chi connectivity index (χ1) is 21.9. The smallest absolute Gasteiger partial charge is 0.0626 e. The van der Waals surface area contributed by atoms with Gasteiger partial charge in [0, 0.05) is 44.3 Å². The van der Waals surface area contributed by atoms with Crippen molar-refractivity contribution in [2.75, 3.05) is 4.90 Å². The summed E-state index contributed by atoms with van der Waals surface area (Å²) >= 11 is 0. The molecule has 0 unspecified atom stereocenters. The van der Waals surface area contributed by atoms with Crippen molar-refractivity contribution in [3.63, 3.8) is 0 Å². The average Bonchev–Trinajstić information content (AvgIpc) is 3.45. The Morgan fingerprint density at radius 3 is 1.59 bits per heavy atom. The van der Waals surface area contributed by atoms with Crippen molar-refractivity contribution in [3.05, 3.63) is 170 Å². The molecule has 206 valence electrons.